The van der Waals surface area contributed by atoms with Gasteiger partial charge in [0.15, 0.2) is 0 Å². The lowest BCUT2D eigenvalue weighted by molar-refractivity contribution is 0.415. The van der Waals surface area contributed by atoms with E-state index in [9.17, 15) is 0 Å². The Hall–Kier alpha value is -0.930. The molecule has 1 heterocycles. The van der Waals surface area contributed by atoms with Crippen LogP contribution in [0.25, 0.3) is 0 Å². The molecule has 1 aliphatic rings. The summed E-state index contributed by atoms with van der Waals surface area (Å²) in [5.74, 6) is 0.732. The number of ether oxygens (including phenoxy) is 1. The summed E-state index contributed by atoms with van der Waals surface area (Å²) >= 11 is 6.02. The Kier molecular flexibility index (Phi) is 4.13. The highest BCUT2D eigenvalue weighted by molar-refractivity contribution is 6.32. The smallest absolute Gasteiger partial charge is 0.139 e. The number of hydrogen-bond donors (Lipinski definition) is 1. The van der Waals surface area contributed by atoms with E-state index in [2.05, 4.69) is 17.3 Å². The fourth-order valence-electron chi connectivity index (χ4n) is 2.23. The molecule has 0 aliphatic carbocycles. The molecule has 0 radical (unpaired) electrons. The van der Waals surface area contributed by atoms with Crippen molar-refractivity contribution in [3.05, 3.63) is 23.2 Å². The predicted molar refractivity (Wildman–Crippen MR) is 72.3 cm³/mol. The Bertz CT molecular complexity index is 378. The molecule has 1 atom stereocenters. The third-order valence-electron chi connectivity index (χ3n) is 3.23. The highest BCUT2D eigenvalue weighted by Crippen LogP contribution is 2.29. The van der Waals surface area contributed by atoms with Gasteiger partial charge in [-0.3, -0.25) is 0 Å². The summed E-state index contributed by atoms with van der Waals surface area (Å²) in [6.45, 7) is 2.16. The first-order valence-corrected chi connectivity index (χ1v) is 6.36. The molecule has 0 spiro atoms. The molecule has 0 bridgehead atoms. The molecule has 0 amide bonds. The summed E-state index contributed by atoms with van der Waals surface area (Å²) in [5, 5.41) is 4.15. The Morgan fingerprint density at radius 2 is 2.35 bits per heavy atom. The summed E-state index contributed by atoms with van der Waals surface area (Å²) in [6.07, 6.45) is 2.54. The molecular weight excluding hydrogens is 236 g/mol. The lowest BCUT2D eigenvalue weighted by atomic mass is 10.2. The first-order chi connectivity index (χ1) is 8.20. The van der Waals surface area contributed by atoms with Crippen molar-refractivity contribution < 1.29 is 4.74 Å². The minimum atomic E-state index is 0.599. The molecule has 2 rings (SSSR count). The van der Waals surface area contributed by atoms with Crippen LogP contribution >= 0.6 is 11.6 Å². The van der Waals surface area contributed by atoms with Gasteiger partial charge in [0.05, 0.1) is 12.1 Å². The van der Waals surface area contributed by atoms with Gasteiger partial charge in [0.2, 0.25) is 0 Å². The average molecular weight is 255 g/mol. The van der Waals surface area contributed by atoms with E-state index >= 15 is 0 Å². The standard InChI is InChI=1S/C13H19ClN2O/c1-16(9-10-4-3-7-15-10)11-5-6-12(14)13(8-11)17-2/h5-6,8,10,15H,3-4,7,9H2,1-2H3/t10-/m0/s1. The lowest BCUT2D eigenvalue weighted by Crippen LogP contribution is -2.35. The fourth-order valence-corrected chi connectivity index (χ4v) is 2.43. The molecule has 0 unspecified atom stereocenters. The molecule has 0 saturated carbocycles. The molecule has 1 aromatic rings. The second-order valence-corrected chi connectivity index (χ2v) is 4.90. The molecule has 1 N–H and O–H groups in total. The van der Waals surface area contributed by atoms with Crippen molar-refractivity contribution in [1.82, 2.24) is 5.32 Å². The van der Waals surface area contributed by atoms with Gasteiger partial charge < -0.3 is 15.0 Å². The van der Waals surface area contributed by atoms with Crippen LogP contribution in [-0.4, -0.2) is 33.3 Å². The van der Waals surface area contributed by atoms with E-state index in [1.54, 1.807) is 7.11 Å². The van der Waals surface area contributed by atoms with E-state index < -0.39 is 0 Å². The van der Waals surface area contributed by atoms with Gasteiger partial charge in [0, 0.05) is 31.4 Å². The van der Waals surface area contributed by atoms with Gasteiger partial charge in [-0.25, -0.2) is 0 Å². The molecule has 94 valence electrons. The van der Waals surface area contributed by atoms with Crippen LogP contribution in [0.2, 0.25) is 5.02 Å². The van der Waals surface area contributed by atoms with Gasteiger partial charge in [-0.2, -0.15) is 0 Å². The van der Waals surface area contributed by atoms with Crippen molar-refractivity contribution in [2.45, 2.75) is 18.9 Å². The van der Waals surface area contributed by atoms with Gasteiger partial charge in [0.25, 0.3) is 0 Å². The molecule has 17 heavy (non-hydrogen) atoms. The second kappa shape index (κ2) is 5.61. The van der Waals surface area contributed by atoms with Crippen LogP contribution in [0.5, 0.6) is 5.75 Å². The molecular formula is C13H19ClN2O. The largest absolute Gasteiger partial charge is 0.495 e. The number of hydrogen-bond acceptors (Lipinski definition) is 3. The number of nitrogens with zero attached hydrogens (tertiary/aromatic N) is 1. The molecule has 1 aromatic carbocycles. The average Bonchev–Trinajstić information content (AvgIpc) is 2.82. The van der Waals surface area contributed by atoms with Crippen LogP contribution in [0.1, 0.15) is 12.8 Å². The fraction of sp³-hybridized carbons (Fsp3) is 0.538. The minimum absolute atomic E-state index is 0.599. The van der Waals surface area contributed by atoms with E-state index in [0.29, 0.717) is 11.1 Å². The minimum Gasteiger partial charge on any atom is -0.495 e. The number of nitrogens with one attached hydrogen (secondary N) is 1. The number of rotatable bonds is 4. The van der Waals surface area contributed by atoms with Crippen LogP contribution in [-0.2, 0) is 0 Å². The Morgan fingerprint density at radius 1 is 1.53 bits per heavy atom. The number of likely N-dealkylation sites (N-methyl/N-ethyl adjacent to an activating group) is 1. The van der Waals surface area contributed by atoms with Crippen molar-refractivity contribution in [1.29, 1.82) is 0 Å². The molecule has 4 heteroatoms. The lowest BCUT2D eigenvalue weighted by Gasteiger charge is -2.23. The Morgan fingerprint density at radius 3 is 3.00 bits per heavy atom. The normalized spacial score (nSPS) is 19.4. The van der Waals surface area contributed by atoms with Gasteiger partial charge in [0.1, 0.15) is 5.75 Å². The molecule has 1 fully saturated rings. The quantitative estimate of drug-likeness (QED) is 0.894. The van der Waals surface area contributed by atoms with Crippen LogP contribution in [0.4, 0.5) is 5.69 Å². The second-order valence-electron chi connectivity index (χ2n) is 4.49. The van der Waals surface area contributed by atoms with E-state index in [1.807, 2.05) is 18.2 Å². The zero-order chi connectivity index (χ0) is 12.3. The van der Waals surface area contributed by atoms with Crippen LogP contribution in [0, 0.1) is 0 Å². The van der Waals surface area contributed by atoms with E-state index in [0.717, 1.165) is 24.5 Å². The van der Waals surface area contributed by atoms with E-state index in [4.69, 9.17) is 16.3 Å². The van der Waals surface area contributed by atoms with E-state index in [-0.39, 0.29) is 0 Å². The van der Waals surface area contributed by atoms with Crippen molar-refractivity contribution >= 4 is 17.3 Å². The summed E-state index contributed by atoms with van der Waals surface area (Å²) in [6, 6.07) is 6.49. The molecule has 1 saturated heterocycles. The highest BCUT2D eigenvalue weighted by Gasteiger charge is 2.16. The number of anilines is 1. The van der Waals surface area contributed by atoms with Gasteiger partial charge in [-0.1, -0.05) is 11.6 Å². The summed E-state index contributed by atoms with van der Waals surface area (Å²) < 4.78 is 5.23. The van der Waals surface area contributed by atoms with Crippen molar-refractivity contribution in [2.24, 2.45) is 0 Å². The predicted octanol–water partition coefficient (Wildman–Crippen LogP) is 2.54. The van der Waals surface area contributed by atoms with Crippen LogP contribution in [0.15, 0.2) is 18.2 Å². The Labute approximate surface area is 108 Å². The van der Waals surface area contributed by atoms with Crippen molar-refractivity contribution in [3.8, 4) is 5.75 Å². The van der Waals surface area contributed by atoms with Gasteiger partial charge >= 0.3 is 0 Å². The van der Waals surface area contributed by atoms with Crippen LogP contribution < -0.4 is 15.0 Å². The van der Waals surface area contributed by atoms with Crippen molar-refractivity contribution in [3.63, 3.8) is 0 Å². The molecule has 3 nitrogen and oxygen atoms in total. The number of methoxy groups -OCH3 is 1. The first kappa shape index (κ1) is 12.5. The zero-order valence-electron chi connectivity index (χ0n) is 10.4. The maximum Gasteiger partial charge on any atom is 0.139 e. The first-order valence-electron chi connectivity index (χ1n) is 5.99. The number of benzene rings is 1. The SMILES string of the molecule is COc1cc(N(C)C[C@@H]2CCCN2)ccc1Cl. The summed E-state index contributed by atoms with van der Waals surface area (Å²) in [7, 11) is 3.74. The van der Waals surface area contributed by atoms with Crippen molar-refractivity contribution in [2.75, 3.05) is 32.1 Å². The summed E-state index contributed by atoms with van der Waals surface area (Å²) in [4.78, 5) is 2.24. The topological polar surface area (TPSA) is 24.5 Å². The van der Waals surface area contributed by atoms with Crippen LogP contribution in [0.3, 0.4) is 0 Å². The van der Waals surface area contributed by atoms with Gasteiger partial charge in [-0.15, -0.1) is 0 Å². The summed E-state index contributed by atoms with van der Waals surface area (Å²) in [5.41, 5.74) is 1.14. The zero-order valence-corrected chi connectivity index (χ0v) is 11.1. The maximum atomic E-state index is 6.02. The third-order valence-corrected chi connectivity index (χ3v) is 3.54. The van der Waals surface area contributed by atoms with Gasteiger partial charge in [-0.05, 0) is 31.5 Å². The molecule has 1 aliphatic heterocycles. The Balaban J connectivity index is 2.04. The van der Waals surface area contributed by atoms with E-state index in [1.165, 1.54) is 12.8 Å². The maximum absolute atomic E-state index is 6.02. The number of halogens is 1. The third kappa shape index (κ3) is 3.05. The molecule has 0 aromatic heterocycles. The highest BCUT2D eigenvalue weighted by atomic mass is 35.5. The monoisotopic (exact) mass is 254 g/mol.